The minimum atomic E-state index is -1.83. The summed E-state index contributed by atoms with van der Waals surface area (Å²) in [6, 6.07) is 28.5. The first-order chi connectivity index (χ1) is 63.7. The molecular formula is C88H110B3Br8N16NaO18S2. The van der Waals surface area contributed by atoms with E-state index in [1.165, 1.54) is 9.40 Å². The minimum absolute atomic E-state index is 0. The van der Waals surface area contributed by atoms with Gasteiger partial charge in [-0.15, -0.1) is 22.7 Å². The number of hydrogen-bond donors (Lipinski definition) is 8. The third-order valence-corrected chi connectivity index (χ3v) is 26.2. The van der Waals surface area contributed by atoms with Crippen LogP contribution in [0.25, 0.3) is 37.4 Å². The fourth-order valence-corrected chi connectivity index (χ4v) is 16.0. The van der Waals surface area contributed by atoms with Crippen molar-refractivity contribution in [3.63, 3.8) is 0 Å². The van der Waals surface area contributed by atoms with E-state index in [9.17, 15) is 10.2 Å². The molecule has 0 bridgehead atoms. The number of aromatic nitrogens is 13. The summed E-state index contributed by atoms with van der Waals surface area (Å²) >= 11 is 29.7. The normalized spacial score (nSPS) is 14.5. The monoisotopic (exact) mass is 2430 g/mol. The number of halogens is 8. The minimum Gasteiger partial charge on any atom is -1.00 e. The van der Waals surface area contributed by atoms with Crippen LogP contribution < -0.4 is 70.3 Å². The largest absolute Gasteiger partial charge is 1.00 e. The molecule has 0 aliphatic carbocycles. The van der Waals surface area contributed by atoms with E-state index in [4.69, 9.17) is 82.3 Å². The Labute approximate surface area is 890 Å². The van der Waals surface area contributed by atoms with E-state index in [0.717, 1.165) is 96.5 Å². The first-order valence-electron chi connectivity index (χ1n) is 41.0. The maximum Gasteiger partial charge on any atom is 1.00 e. The van der Waals surface area contributed by atoms with Crippen molar-refractivity contribution >= 4 is 256 Å². The number of nitrogen functional groups attached to an aromatic ring is 1. The molecule has 14 aromatic rings. The summed E-state index contributed by atoms with van der Waals surface area (Å²) in [6.07, 6.45) is 16.4. The Bertz CT molecular complexity index is 5890. The molecule has 5 aromatic carbocycles. The third kappa shape index (κ3) is 35.3. The Balaban J connectivity index is 0.000000323. The van der Waals surface area contributed by atoms with Crippen molar-refractivity contribution in [3.8, 4) is 23.0 Å². The summed E-state index contributed by atoms with van der Waals surface area (Å²) in [5.41, 5.74) is 17.2. The van der Waals surface area contributed by atoms with E-state index in [0.29, 0.717) is 55.6 Å². The number of aryl methyl sites for hydroxylation is 1. The van der Waals surface area contributed by atoms with Crippen molar-refractivity contribution in [2.45, 2.75) is 164 Å². The number of anilines is 5. The van der Waals surface area contributed by atoms with E-state index in [1.54, 1.807) is 101 Å². The Kier molecular flexibility index (Phi) is 49.7. The molecule has 0 saturated carbocycles. The fourth-order valence-electron chi connectivity index (χ4n) is 11.4. The van der Waals surface area contributed by atoms with Gasteiger partial charge < -0.3 is 113 Å². The molecule has 3 aliphatic rings. The molecule has 3 fully saturated rings. The maximum atomic E-state index is 9.25. The van der Waals surface area contributed by atoms with Crippen LogP contribution >= 0.6 is 150 Å². The molecule has 0 spiro atoms. The second kappa shape index (κ2) is 56.6. The molecular weight excluding hydrogens is 2330 g/mol. The molecule has 9 N–H and O–H groups in total. The summed E-state index contributed by atoms with van der Waals surface area (Å²) in [4.78, 5) is 58.7. The van der Waals surface area contributed by atoms with E-state index in [1.807, 2.05) is 199 Å². The predicted octanol–water partition coefficient (Wildman–Crippen LogP) is 18.2. The molecule has 1 unspecified atom stereocenters. The third-order valence-electron chi connectivity index (χ3n) is 20.3. The molecule has 9 aromatic heterocycles. The Morgan fingerprint density at radius 2 is 0.904 bits per heavy atom. The number of aliphatic hydroxyl groups is 3. The summed E-state index contributed by atoms with van der Waals surface area (Å²) in [5.74, 6) is 3.87. The zero-order valence-corrected chi connectivity index (χ0v) is 95.2. The number of methoxy groups -OCH3 is 4. The van der Waals surface area contributed by atoms with Gasteiger partial charge in [0.05, 0.1) is 125 Å². The average Bonchev–Trinajstić information content (AvgIpc) is 1.59. The second-order valence-electron chi connectivity index (χ2n) is 31.4. The molecule has 12 heterocycles. The topological polar surface area (TPSA) is 429 Å². The Hall–Kier alpha value is -7.01. The summed E-state index contributed by atoms with van der Waals surface area (Å²) < 4.78 is 75.2. The van der Waals surface area contributed by atoms with Gasteiger partial charge in [0.25, 0.3) is 0 Å². The summed E-state index contributed by atoms with van der Waals surface area (Å²) in [7, 11) is 5.06. The number of nitrogens with one attached hydrogen (secondary N) is 2. The van der Waals surface area contributed by atoms with Gasteiger partial charge >= 0.3 is 56.8 Å². The number of imidazole rings is 3. The van der Waals surface area contributed by atoms with Crippen molar-refractivity contribution in [1.82, 2.24) is 63.0 Å². The average molecular weight is 2440 g/mol. The Morgan fingerprint density at radius 3 is 1.29 bits per heavy atom. The number of carbonyl (C=O) groups is 2. The van der Waals surface area contributed by atoms with E-state index in [2.05, 4.69) is 234 Å². The van der Waals surface area contributed by atoms with Crippen molar-refractivity contribution in [2.24, 2.45) is 0 Å². The van der Waals surface area contributed by atoms with Crippen LogP contribution in [-0.2, 0) is 50.7 Å². The first kappa shape index (κ1) is 119. The van der Waals surface area contributed by atoms with Gasteiger partial charge in [-0.2, -0.15) is 0 Å². The van der Waals surface area contributed by atoms with Crippen LogP contribution in [0.5, 0.6) is 23.0 Å². The number of benzene rings is 5. The van der Waals surface area contributed by atoms with Crippen LogP contribution in [0, 0.1) is 6.92 Å². The van der Waals surface area contributed by atoms with Crippen LogP contribution in [0.2, 0.25) is 0 Å². The smallest absolute Gasteiger partial charge is 1.00 e. The standard InChI is InChI=1S/2C14H13BrN4O2.C13H16BNO2S.C12H24B2O4.C8H11NO2.C7H4BrNS.C6H3Br2N3.C5H4Br2N2.C5H11BrO.C2H6O.CH2O3.CH2O.Na.H/c2*1-21-11-6-10(3-2-9(11)8-20)17-13-14-16-4-5-19(14)7-12(15)18-13;1-12(2)13(3,4)17-14(16-12)9-5-6-11-10(7-9)15-8-18-11;1-9(2)10(3,4)16-13(15-9)14-17-11(5,6)12(7,8)18-14;1-10-7-4-3-6(9)5-8(7)11-2;8-5-1-2-7-6(3-5)9-4-10-7;7-4-3-11-2-1-9-6(11)5(8)10-4;1-3-5(7)9-4(6)2-8-3;1-3-7-5(2)4-6;1-2-3;2-1(3)4;1-2;;/h2*2-7,20H,8H2,1H3,(H,17,18);5-8H,1-4H3;1-8H3;3-5H,9H2,1-2H3;1-4H;1-3H;2H,1H3;5H,3-4H2,1-2H3;3H,2H2,1H3;(H2,2,3,4);1H2;;/q;;;;;;;;;;;;+1;-1. The number of hydrogen-bond acceptors (Lipinski definition) is 31. The zero-order valence-electron chi connectivity index (χ0n) is 79.9. The molecule has 34 nitrogen and oxygen atoms in total. The SMILES string of the molecule is Brc1ccc2scnc2c1.Brc1cn2ccnc2c(Br)n1.C=O.CC1(C)OB(B2OC(C)(C)C(C)(C)O2)OC1(C)C.CC1(C)OB(c2ccc3scnc3c2)OC1(C)C.CCO.CCOC(C)CBr.COc1cc(Nc2nc(Br)cn3ccnc23)ccc1CO.COc1cc(Nc2nc(Br)cn3ccnc23)ccc1CO.COc1ccc(N)cc1OC.Cc1ncc(Br)nc1Br.O=C(O)O.[H-].[Na+]. The van der Waals surface area contributed by atoms with Crippen molar-refractivity contribution in [1.29, 1.82) is 0 Å². The molecule has 0 radical (unpaired) electrons. The summed E-state index contributed by atoms with van der Waals surface area (Å²) in [5, 5.41) is 47.4. The number of alkyl halides is 1. The van der Waals surface area contributed by atoms with Crippen LogP contribution in [0.15, 0.2) is 196 Å². The number of carboxylic acid groups (broad SMARTS) is 2. The van der Waals surface area contributed by atoms with Crippen molar-refractivity contribution in [3.05, 3.63) is 213 Å². The van der Waals surface area contributed by atoms with Crippen LogP contribution in [-0.4, -0.2) is 209 Å². The predicted molar refractivity (Wildman–Crippen MR) is 562 cm³/mol. The first-order valence-corrected chi connectivity index (χ1v) is 49.4. The van der Waals surface area contributed by atoms with Gasteiger partial charge in [0.1, 0.15) is 41.3 Å². The van der Waals surface area contributed by atoms with Gasteiger partial charge in [-0.05, 0) is 266 Å². The van der Waals surface area contributed by atoms with Gasteiger partial charge in [-0.25, -0.2) is 49.7 Å². The van der Waals surface area contributed by atoms with Gasteiger partial charge in [0.2, 0.25) is 0 Å². The number of ether oxygens (including phenoxy) is 5. The molecule has 17 rings (SSSR count). The number of aliphatic hydroxyl groups excluding tert-OH is 3. The molecule has 3 aliphatic heterocycles. The number of nitrogens with zero attached hydrogens (tertiary/aromatic N) is 13. The van der Waals surface area contributed by atoms with Crippen LogP contribution in [0.1, 0.15) is 122 Å². The van der Waals surface area contributed by atoms with Gasteiger partial charge in [0.15, 0.2) is 44.7 Å². The molecule has 48 heteroatoms. The molecule has 1 atom stereocenters. The van der Waals surface area contributed by atoms with E-state index in [-0.39, 0.29) is 91.5 Å². The number of rotatable bonds is 15. The number of fused-ring (bicyclic) bond motifs is 5. The van der Waals surface area contributed by atoms with E-state index < -0.39 is 20.2 Å². The van der Waals surface area contributed by atoms with Gasteiger partial charge in [-0.3, -0.25) is 4.98 Å². The molecule has 0 amide bonds. The zero-order chi connectivity index (χ0) is 101. The van der Waals surface area contributed by atoms with Gasteiger partial charge in [-0.1, -0.05) is 50.1 Å². The molecule has 3 saturated heterocycles. The maximum absolute atomic E-state index is 9.25. The number of thiazole rings is 2. The van der Waals surface area contributed by atoms with Gasteiger partial charge in [0, 0.05) is 125 Å². The quantitative estimate of drug-likeness (QED) is 0.0268. The van der Waals surface area contributed by atoms with Crippen molar-refractivity contribution in [2.75, 3.05) is 63.4 Å². The summed E-state index contributed by atoms with van der Waals surface area (Å²) in [6.45, 7) is 35.0. The molecule has 728 valence electrons. The van der Waals surface area contributed by atoms with Crippen LogP contribution in [0.4, 0.5) is 33.5 Å². The van der Waals surface area contributed by atoms with E-state index >= 15 is 0 Å². The number of nitrogens with two attached hydrogens (primary N) is 1. The van der Waals surface area contributed by atoms with Crippen molar-refractivity contribution < 1.29 is 118 Å². The number of carbonyl (C=O) groups excluding carboxylic acids is 1. The Morgan fingerprint density at radius 1 is 0.515 bits per heavy atom. The van der Waals surface area contributed by atoms with Crippen LogP contribution in [0.3, 0.4) is 0 Å². The molecule has 136 heavy (non-hydrogen) atoms. The second-order valence-corrected chi connectivity index (χ2v) is 39.4. The fraction of sp³-hybridized carbons (Fsp3) is 0.364.